The van der Waals surface area contributed by atoms with E-state index in [1.54, 1.807) is 6.20 Å². The van der Waals surface area contributed by atoms with Gasteiger partial charge in [-0.3, -0.25) is 14.3 Å². The van der Waals surface area contributed by atoms with Crippen molar-refractivity contribution in [2.24, 2.45) is 0 Å². The number of nitrogens with one attached hydrogen (secondary N) is 1. The molecule has 1 fully saturated rings. The number of halogens is 1. The van der Waals surface area contributed by atoms with Gasteiger partial charge < -0.3 is 13.6 Å². The molecule has 3 atom stereocenters. The zero-order chi connectivity index (χ0) is 24.0. The summed E-state index contributed by atoms with van der Waals surface area (Å²) in [5.41, 5.74) is -0.848. The molecule has 1 aliphatic heterocycles. The maximum Gasteiger partial charge on any atom is 0.330 e. The van der Waals surface area contributed by atoms with Gasteiger partial charge in [0.1, 0.15) is 12.3 Å². The fourth-order valence-electron chi connectivity index (χ4n) is 2.88. The Hall–Kier alpha value is -0.276. The van der Waals surface area contributed by atoms with Gasteiger partial charge in [0.15, 0.2) is 16.6 Å². The quantitative estimate of drug-likeness (QED) is 0.384. The fraction of sp³-hybridized carbons (Fsp3) is 0.810. The summed E-state index contributed by atoms with van der Waals surface area (Å²) in [5.74, 6) is 0. The summed E-state index contributed by atoms with van der Waals surface area (Å²) in [6.45, 7) is 22.6. The summed E-state index contributed by atoms with van der Waals surface area (Å²) < 4.78 is 21.5. The highest BCUT2D eigenvalue weighted by atomic mass is 127. The average Bonchev–Trinajstić information content (AvgIpc) is 2.96. The summed E-state index contributed by atoms with van der Waals surface area (Å²) in [4.78, 5) is 26.6. The molecule has 0 aliphatic carbocycles. The summed E-state index contributed by atoms with van der Waals surface area (Å²) >= 11 is 1.93. The van der Waals surface area contributed by atoms with Crippen molar-refractivity contribution >= 4 is 39.2 Å². The molecule has 1 saturated heterocycles. The molecular weight excluding hydrogens is 543 g/mol. The minimum atomic E-state index is -2.06. The number of aromatic amines is 1. The molecule has 0 aromatic carbocycles. The van der Waals surface area contributed by atoms with Gasteiger partial charge in [-0.25, -0.2) is 4.79 Å². The molecule has 0 saturated carbocycles. The Kier molecular flexibility index (Phi) is 7.98. The van der Waals surface area contributed by atoms with Crippen LogP contribution in [0.2, 0.25) is 36.3 Å². The molecule has 2 rings (SSSR count). The van der Waals surface area contributed by atoms with Crippen LogP contribution in [0, 0.1) is 3.57 Å². The Labute approximate surface area is 201 Å². The van der Waals surface area contributed by atoms with Crippen molar-refractivity contribution in [1.82, 2.24) is 9.55 Å². The molecule has 1 aromatic rings. The Morgan fingerprint density at radius 2 is 1.65 bits per heavy atom. The SMILES string of the molecule is CC(C)(C)[Si](C)(C)OC[C@H]1O[C@@H](n2cc(I)c(=O)[nH]c2=O)C[C@H]1O[Si](C)(C)C(C)(C)C. The van der Waals surface area contributed by atoms with E-state index in [-0.39, 0.29) is 27.8 Å². The van der Waals surface area contributed by atoms with Crippen molar-refractivity contribution in [2.75, 3.05) is 6.61 Å². The average molecular weight is 583 g/mol. The Morgan fingerprint density at radius 1 is 1.10 bits per heavy atom. The first-order chi connectivity index (χ1) is 13.9. The third-order valence-electron chi connectivity index (χ3n) is 7.08. The van der Waals surface area contributed by atoms with Crippen LogP contribution in [-0.4, -0.2) is 45.0 Å². The lowest BCUT2D eigenvalue weighted by Crippen LogP contribution is -2.48. The minimum absolute atomic E-state index is 0.0557. The molecule has 2 heterocycles. The van der Waals surface area contributed by atoms with Crippen LogP contribution in [0.25, 0.3) is 0 Å². The van der Waals surface area contributed by atoms with Crippen molar-refractivity contribution in [3.8, 4) is 0 Å². The third-order valence-corrected chi connectivity index (χ3v) is 16.9. The van der Waals surface area contributed by atoms with E-state index in [0.29, 0.717) is 16.6 Å². The molecule has 0 spiro atoms. The molecule has 1 aliphatic rings. The van der Waals surface area contributed by atoms with Crippen LogP contribution in [0.5, 0.6) is 0 Å². The number of hydrogen-bond acceptors (Lipinski definition) is 5. The number of rotatable bonds is 6. The first kappa shape index (κ1) is 27.0. The first-order valence-corrected chi connectivity index (χ1v) is 17.7. The maximum absolute atomic E-state index is 12.5. The Bertz CT molecular complexity index is 899. The van der Waals surface area contributed by atoms with E-state index in [0.717, 1.165) is 0 Å². The molecule has 0 radical (unpaired) electrons. The van der Waals surface area contributed by atoms with E-state index < -0.39 is 28.6 Å². The lowest BCUT2D eigenvalue weighted by Gasteiger charge is -2.40. The Balaban J connectivity index is 2.32. The molecular formula is C21H39IN2O5Si2. The zero-order valence-corrected chi connectivity index (χ0v) is 24.7. The summed E-state index contributed by atoms with van der Waals surface area (Å²) in [5, 5.41) is 0.146. The summed E-state index contributed by atoms with van der Waals surface area (Å²) in [6, 6.07) is 0. The smallest absolute Gasteiger partial charge is 0.330 e. The summed E-state index contributed by atoms with van der Waals surface area (Å²) in [6.07, 6.45) is 1.16. The fourth-order valence-corrected chi connectivity index (χ4v) is 5.69. The van der Waals surface area contributed by atoms with E-state index in [9.17, 15) is 9.59 Å². The topological polar surface area (TPSA) is 82.5 Å². The van der Waals surface area contributed by atoms with Crippen molar-refractivity contribution in [1.29, 1.82) is 0 Å². The lowest BCUT2D eigenvalue weighted by atomic mass is 10.2. The third kappa shape index (κ3) is 6.20. The predicted molar refractivity (Wildman–Crippen MR) is 138 cm³/mol. The van der Waals surface area contributed by atoms with E-state index in [1.165, 1.54) is 4.57 Å². The van der Waals surface area contributed by atoms with Crippen molar-refractivity contribution in [3.63, 3.8) is 0 Å². The van der Waals surface area contributed by atoms with Crippen molar-refractivity contribution < 1.29 is 13.6 Å². The van der Waals surface area contributed by atoms with Crippen LogP contribution < -0.4 is 11.2 Å². The van der Waals surface area contributed by atoms with Crippen LogP contribution in [0.3, 0.4) is 0 Å². The molecule has 31 heavy (non-hydrogen) atoms. The number of nitrogens with zero attached hydrogens (tertiary/aromatic N) is 1. The van der Waals surface area contributed by atoms with Gasteiger partial charge in [0, 0.05) is 12.6 Å². The molecule has 7 nitrogen and oxygen atoms in total. The van der Waals surface area contributed by atoms with E-state index in [4.69, 9.17) is 13.6 Å². The molecule has 178 valence electrons. The van der Waals surface area contributed by atoms with Crippen LogP contribution in [0.4, 0.5) is 0 Å². The monoisotopic (exact) mass is 582 g/mol. The lowest BCUT2D eigenvalue weighted by molar-refractivity contribution is -0.0413. The van der Waals surface area contributed by atoms with E-state index >= 15 is 0 Å². The minimum Gasteiger partial charge on any atom is -0.414 e. The highest BCUT2D eigenvalue weighted by molar-refractivity contribution is 14.1. The van der Waals surface area contributed by atoms with Gasteiger partial charge in [0.25, 0.3) is 5.56 Å². The van der Waals surface area contributed by atoms with Gasteiger partial charge >= 0.3 is 5.69 Å². The molecule has 1 N–H and O–H groups in total. The van der Waals surface area contributed by atoms with Crippen LogP contribution in [0.15, 0.2) is 15.8 Å². The highest BCUT2D eigenvalue weighted by Crippen LogP contribution is 2.42. The van der Waals surface area contributed by atoms with Crippen LogP contribution in [0.1, 0.15) is 54.2 Å². The second-order valence-corrected chi connectivity index (χ2v) is 22.2. The van der Waals surface area contributed by atoms with Gasteiger partial charge in [-0.1, -0.05) is 41.5 Å². The maximum atomic E-state index is 12.5. The van der Waals surface area contributed by atoms with E-state index in [2.05, 4.69) is 72.7 Å². The molecule has 0 unspecified atom stereocenters. The number of hydrogen-bond donors (Lipinski definition) is 1. The predicted octanol–water partition coefficient (Wildman–Crippen LogP) is 4.84. The molecule has 10 heteroatoms. The zero-order valence-electron chi connectivity index (χ0n) is 20.6. The van der Waals surface area contributed by atoms with E-state index in [1.807, 2.05) is 22.6 Å². The van der Waals surface area contributed by atoms with Gasteiger partial charge in [-0.2, -0.15) is 0 Å². The summed E-state index contributed by atoms with van der Waals surface area (Å²) in [7, 11) is -4.03. The van der Waals surface area contributed by atoms with Crippen LogP contribution >= 0.6 is 22.6 Å². The molecule has 0 amide bonds. The number of H-pyrrole nitrogens is 1. The largest absolute Gasteiger partial charge is 0.414 e. The molecule has 1 aromatic heterocycles. The van der Waals surface area contributed by atoms with Gasteiger partial charge in [0.05, 0.1) is 16.3 Å². The second kappa shape index (κ2) is 9.17. The molecule has 0 bridgehead atoms. The van der Waals surface area contributed by atoms with Gasteiger partial charge in [0.2, 0.25) is 0 Å². The van der Waals surface area contributed by atoms with Crippen LogP contribution in [-0.2, 0) is 13.6 Å². The number of aromatic nitrogens is 2. The standard InChI is InChI=1S/C21H39IN2O5Si2/c1-20(2,3)30(7,8)27-13-16-15(29-31(9,10)21(4,5)6)11-17(28-16)24-12-14(22)18(25)23-19(24)26/h12,15-17H,11,13H2,1-10H3,(H,23,25,26)/t15-,16-,17-/m1/s1. The Morgan fingerprint density at radius 3 is 2.16 bits per heavy atom. The first-order valence-electron chi connectivity index (χ1n) is 10.8. The second-order valence-electron chi connectivity index (χ2n) is 11.5. The highest BCUT2D eigenvalue weighted by Gasteiger charge is 2.46. The number of ether oxygens (including phenoxy) is 1. The normalized spacial score (nSPS) is 23.4. The van der Waals surface area contributed by atoms with Gasteiger partial charge in [-0.15, -0.1) is 0 Å². The van der Waals surface area contributed by atoms with Crippen molar-refractivity contribution in [2.45, 2.75) is 103 Å². The van der Waals surface area contributed by atoms with Gasteiger partial charge in [-0.05, 0) is 58.9 Å². The van der Waals surface area contributed by atoms with Crippen molar-refractivity contribution in [3.05, 3.63) is 30.6 Å².